The van der Waals surface area contributed by atoms with E-state index in [1.807, 2.05) is 24.9 Å². The zero-order valence-electron chi connectivity index (χ0n) is 10.00. The third-order valence-electron chi connectivity index (χ3n) is 2.82. The molecule has 1 atom stereocenters. The maximum Gasteiger partial charge on any atom is 0.126 e. The van der Waals surface area contributed by atoms with Crippen molar-refractivity contribution in [3.8, 4) is 6.07 Å². The third kappa shape index (κ3) is 3.32. The minimum absolute atomic E-state index is 0.0819. The van der Waals surface area contributed by atoms with Crippen LogP contribution in [0.4, 0.5) is 4.39 Å². The fourth-order valence-corrected chi connectivity index (χ4v) is 1.46. The lowest BCUT2D eigenvalue weighted by molar-refractivity contribution is 0.306. The highest BCUT2D eigenvalue weighted by atomic mass is 19.1. The monoisotopic (exact) mass is 220 g/mol. The van der Waals surface area contributed by atoms with Gasteiger partial charge in [0.15, 0.2) is 0 Å². The number of hydrogen-bond donors (Lipinski definition) is 0. The second kappa shape index (κ2) is 5.62. The molecule has 86 valence electrons. The Hall–Kier alpha value is -1.40. The molecule has 0 spiro atoms. The summed E-state index contributed by atoms with van der Waals surface area (Å²) in [5.74, 6) is -0.164. The van der Waals surface area contributed by atoms with E-state index < -0.39 is 0 Å². The van der Waals surface area contributed by atoms with Gasteiger partial charge in [-0.3, -0.25) is 4.90 Å². The van der Waals surface area contributed by atoms with Gasteiger partial charge in [-0.2, -0.15) is 5.26 Å². The Balaban J connectivity index is 2.55. The molecule has 0 bridgehead atoms. The van der Waals surface area contributed by atoms with E-state index >= 15 is 0 Å². The fraction of sp³-hybridized carbons (Fsp3) is 0.462. The van der Waals surface area contributed by atoms with Gasteiger partial charge in [0.25, 0.3) is 0 Å². The van der Waals surface area contributed by atoms with Crippen LogP contribution in [-0.2, 0) is 6.42 Å². The van der Waals surface area contributed by atoms with Crippen LogP contribution >= 0.6 is 0 Å². The highest BCUT2D eigenvalue weighted by Gasteiger charge is 2.07. The quantitative estimate of drug-likeness (QED) is 0.779. The summed E-state index contributed by atoms with van der Waals surface area (Å²) < 4.78 is 13.0. The van der Waals surface area contributed by atoms with Gasteiger partial charge in [0.1, 0.15) is 5.82 Å². The summed E-state index contributed by atoms with van der Waals surface area (Å²) >= 11 is 0. The molecule has 0 saturated heterocycles. The van der Waals surface area contributed by atoms with Crippen LogP contribution < -0.4 is 0 Å². The molecule has 2 nitrogen and oxygen atoms in total. The predicted molar refractivity (Wildman–Crippen MR) is 62.5 cm³/mol. The normalized spacial score (nSPS) is 12.5. The fourth-order valence-electron chi connectivity index (χ4n) is 1.46. The summed E-state index contributed by atoms with van der Waals surface area (Å²) in [7, 11) is 1.92. The summed E-state index contributed by atoms with van der Waals surface area (Å²) in [6.07, 6.45) is 0.837. The van der Waals surface area contributed by atoms with Crippen molar-refractivity contribution >= 4 is 0 Å². The molecule has 0 aliphatic heterocycles. The Bertz CT molecular complexity index is 395. The van der Waals surface area contributed by atoms with E-state index in [0.29, 0.717) is 5.56 Å². The van der Waals surface area contributed by atoms with Gasteiger partial charge in [0.05, 0.1) is 12.1 Å². The molecule has 0 aromatic heterocycles. The molecule has 3 heteroatoms. The lowest BCUT2D eigenvalue weighted by Crippen LogP contribution is -2.29. The zero-order chi connectivity index (χ0) is 12.1. The molecule has 16 heavy (non-hydrogen) atoms. The molecule has 1 aromatic rings. The third-order valence-corrected chi connectivity index (χ3v) is 2.82. The Morgan fingerprint density at radius 2 is 2.19 bits per heavy atom. The number of aryl methyl sites for hydroxylation is 1. The molecule has 0 radical (unpaired) electrons. The highest BCUT2D eigenvalue weighted by molar-refractivity contribution is 5.24. The van der Waals surface area contributed by atoms with Crippen molar-refractivity contribution in [1.29, 1.82) is 5.26 Å². The Labute approximate surface area is 96.3 Å². The van der Waals surface area contributed by atoms with Crippen molar-refractivity contribution in [2.75, 3.05) is 13.6 Å². The average Bonchev–Trinajstić information content (AvgIpc) is 2.29. The van der Waals surface area contributed by atoms with Crippen molar-refractivity contribution < 1.29 is 4.39 Å². The molecule has 0 N–H and O–H groups in total. The molecule has 0 saturated carbocycles. The molecule has 1 aromatic carbocycles. The summed E-state index contributed by atoms with van der Waals surface area (Å²) in [6.45, 7) is 4.44. The number of halogens is 1. The SMILES string of the molecule is Cc1cc(CCN(C)C(C)C#N)ccc1F. The van der Waals surface area contributed by atoms with Crippen LogP contribution in [-0.4, -0.2) is 24.5 Å². The first-order valence-electron chi connectivity index (χ1n) is 5.39. The molecule has 0 fully saturated rings. The average molecular weight is 220 g/mol. The summed E-state index contributed by atoms with van der Waals surface area (Å²) in [6, 6.07) is 7.26. The number of nitriles is 1. The molecule has 0 aliphatic rings. The van der Waals surface area contributed by atoms with Crippen LogP contribution in [0.25, 0.3) is 0 Å². The first-order chi connectivity index (χ1) is 7.54. The first kappa shape index (κ1) is 12.7. The van der Waals surface area contributed by atoms with Crippen LogP contribution in [0.1, 0.15) is 18.1 Å². The van der Waals surface area contributed by atoms with Crippen molar-refractivity contribution in [3.63, 3.8) is 0 Å². The van der Waals surface area contributed by atoms with Crippen LogP contribution in [0, 0.1) is 24.1 Å². The Morgan fingerprint density at radius 3 is 2.75 bits per heavy atom. The standard InChI is InChI=1S/C13H17FN2/c1-10-8-12(4-5-13(10)14)6-7-16(3)11(2)9-15/h4-5,8,11H,6-7H2,1-3H3. The maximum atomic E-state index is 13.0. The topological polar surface area (TPSA) is 27.0 Å². The first-order valence-corrected chi connectivity index (χ1v) is 5.39. The molecule has 0 amide bonds. The lowest BCUT2D eigenvalue weighted by Gasteiger charge is -2.18. The van der Waals surface area contributed by atoms with Gasteiger partial charge < -0.3 is 0 Å². The number of benzene rings is 1. The minimum Gasteiger partial charge on any atom is -0.291 e. The largest absolute Gasteiger partial charge is 0.291 e. The number of hydrogen-bond acceptors (Lipinski definition) is 2. The minimum atomic E-state index is -0.164. The van der Waals surface area contributed by atoms with E-state index in [2.05, 4.69) is 6.07 Å². The van der Waals surface area contributed by atoms with Gasteiger partial charge in [-0.05, 0) is 44.5 Å². The zero-order valence-corrected chi connectivity index (χ0v) is 10.00. The van der Waals surface area contributed by atoms with E-state index in [4.69, 9.17) is 5.26 Å². The van der Waals surface area contributed by atoms with Crippen LogP contribution in [0.15, 0.2) is 18.2 Å². The molecule has 1 unspecified atom stereocenters. The summed E-state index contributed by atoms with van der Waals surface area (Å²) in [5.41, 5.74) is 1.78. The van der Waals surface area contributed by atoms with Crippen LogP contribution in [0.2, 0.25) is 0 Å². The van der Waals surface area contributed by atoms with Gasteiger partial charge >= 0.3 is 0 Å². The van der Waals surface area contributed by atoms with Crippen molar-refractivity contribution in [2.45, 2.75) is 26.3 Å². The van der Waals surface area contributed by atoms with Crippen LogP contribution in [0.3, 0.4) is 0 Å². The second-order valence-electron chi connectivity index (χ2n) is 4.12. The summed E-state index contributed by atoms with van der Waals surface area (Å²) in [5, 5.41) is 8.74. The van der Waals surface area contributed by atoms with E-state index in [0.717, 1.165) is 18.5 Å². The Morgan fingerprint density at radius 1 is 1.50 bits per heavy atom. The van der Waals surface area contributed by atoms with E-state index in [9.17, 15) is 4.39 Å². The second-order valence-corrected chi connectivity index (χ2v) is 4.12. The van der Waals surface area contributed by atoms with Gasteiger partial charge in [-0.15, -0.1) is 0 Å². The van der Waals surface area contributed by atoms with Gasteiger partial charge in [-0.25, -0.2) is 4.39 Å². The highest BCUT2D eigenvalue weighted by Crippen LogP contribution is 2.10. The summed E-state index contributed by atoms with van der Waals surface area (Å²) in [4.78, 5) is 1.98. The number of nitrogens with zero attached hydrogens (tertiary/aromatic N) is 2. The van der Waals surface area contributed by atoms with Gasteiger partial charge in [0.2, 0.25) is 0 Å². The molecular weight excluding hydrogens is 203 g/mol. The van der Waals surface area contributed by atoms with Crippen molar-refractivity contribution in [3.05, 3.63) is 35.1 Å². The molecule has 1 rings (SSSR count). The van der Waals surface area contributed by atoms with Crippen molar-refractivity contribution in [2.24, 2.45) is 0 Å². The smallest absolute Gasteiger partial charge is 0.126 e. The maximum absolute atomic E-state index is 13.0. The van der Waals surface area contributed by atoms with E-state index in [-0.39, 0.29) is 11.9 Å². The van der Waals surface area contributed by atoms with E-state index in [1.165, 1.54) is 6.07 Å². The van der Waals surface area contributed by atoms with E-state index in [1.54, 1.807) is 13.0 Å². The van der Waals surface area contributed by atoms with Gasteiger partial charge in [-0.1, -0.05) is 12.1 Å². The lowest BCUT2D eigenvalue weighted by atomic mass is 10.1. The molecular formula is C13H17FN2. The predicted octanol–water partition coefficient (Wildman–Crippen LogP) is 2.52. The van der Waals surface area contributed by atoms with Gasteiger partial charge in [0, 0.05) is 6.54 Å². The Kier molecular flexibility index (Phi) is 4.45. The van der Waals surface area contributed by atoms with Crippen molar-refractivity contribution in [1.82, 2.24) is 4.90 Å². The number of rotatable bonds is 4. The molecule has 0 aliphatic carbocycles. The van der Waals surface area contributed by atoms with Crippen LogP contribution in [0.5, 0.6) is 0 Å². The number of likely N-dealkylation sites (N-methyl/N-ethyl adjacent to an activating group) is 1. The molecule has 0 heterocycles.